The van der Waals surface area contributed by atoms with E-state index in [1.807, 2.05) is 121 Å². The zero-order valence-corrected chi connectivity index (χ0v) is 39.8. The van der Waals surface area contributed by atoms with Crippen LogP contribution >= 0.6 is 0 Å². The third-order valence-corrected chi connectivity index (χ3v) is 12.6. The molecule has 17 rings (SSSR count). The number of benzene rings is 8. The Morgan fingerprint density at radius 1 is 0.309 bits per heavy atom. The molecule has 10 aromatic rings. The maximum absolute atomic E-state index is 13.8. The Morgan fingerprint density at radius 2 is 0.603 bits per heavy atom. The van der Waals surface area contributed by atoms with Gasteiger partial charge in [-0.25, -0.2) is 18.3 Å². The highest BCUT2D eigenvalue weighted by atomic mass is 79.9. The van der Waals surface area contributed by atoms with Gasteiger partial charge in [0.2, 0.25) is 12.7 Å². The molecule has 0 N–H and O–H groups in total. The van der Waals surface area contributed by atoms with Crippen LogP contribution in [0.1, 0.15) is 85.9 Å². The molecule has 68 heavy (non-hydrogen) atoms. The fourth-order valence-corrected chi connectivity index (χ4v) is 9.09. The molecule has 0 atom stereocenters. The number of aromatic nitrogens is 4. The third-order valence-electron chi connectivity index (χ3n) is 12.6. The molecular weight excluding hydrogens is 976 g/mol. The molecule has 0 unspecified atom stereocenters. The largest absolute Gasteiger partial charge is 1.00 e. The van der Waals surface area contributed by atoms with Crippen molar-refractivity contribution >= 4 is 45.2 Å². The predicted octanol–water partition coefficient (Wildman–Crippen LogP) is 3.61. The number of nitrogens with zero attached hydrogens (tertiary/aromatic N) is 4. The molecule has 7 aliphatic rings. The highest BCUT2D eigenvalue weighted by Gasteiger charge is 2.21. The number of para-hydroxylation sites is 4. The van der Waals surface area contributed by atoms with Crippen molar-refractivity contribution in [2.75, 3.05) is 0 Å². The summed E-state index contributed by atoms with van der Waals surface area (Å²) in [5, 5.41) is 0. The molecule has 0 saturated carbocycles. The van der Waals surface area contributed by atoms with Crippen molar-refractivity contribution in [2.45, 2.75) is 26.2 Å². The summed E-state index contributed by atoms with van der Waals surface area (Å²) >= 11 is 0. The zero-order chi connectivity index (χ0) is 44.7. The Labute approximate surface area is 413 Å². The van der Waals surface area contributed by atoms with Crippen LogP contribution in [0.3, 0.4) is 0 Å². The van der Waals surface area contributed by atoms with E-state index < -0.39 is 0 Å². The molecule has 7 aliphatic heterocycles. The molecule has 332 valence electrons. The van der Waals surface area contributed by atoms with Gasteiger partial charge in [-0.3, -0.25) is 19.2 Å². The number of imidazole rings is 2. The first kappa shape index (κ1) is 45.5. The summed E-state index contributed by atoms with van der Waals surface area (Å²) in [4.78, 5) is 55.2. The number of hydrogen-bond acceptors (Lipinski definition) is 4. The van der Waals surface area contributed by atoms with Crippen LogP contribution in [-0.2, 0) is 26.2 Å². The van der Waals surface area contributed by atoms with Crippen molar-refractivity contribution in [1.82, 2.24) is 9.13 Å². The van der Waals surface area contributed by atoms with Gasteiger partial charge in [-0.1, -0.05) is 158 Å². The third kappa shape index (κ3) is 8.96. The molecule has 0 saturated heterocycles. The van der Waals surface area contributed by atoms with Crippen molar-refractivity contribution in [3.05, 3.63) is 274 Å². The summed E-state index contributed by atoms with van der Waals surface area (Å²) in [5.74, 6) is -0.598. The van der Waals surface area contributed by atoms with Crippen LogP contribution in [0.15, 0.2) is 207 Å². The van der Waals surface area contributed by atoms with Gasteiger partial charge in [-0.2, -0.15) is 0 Å². The van der Waals surface area contributed by atoms with E-state index in [1.165, 1.54) is 0 Å². The summed E-state index contributed by atoms with van der Waals surface area (Å²) in [5.41, 5.74) is 12.4. The fourth-order valence-electron chi connectivity index (χ4n) is 9.09. The van der Waals surface area contributed by atoms with Gasteiger partial charge in [0.15, 0.2) is 45.2 Å². The molecule has 16 bridgehead atoms. The van der Waals surface area contributed by atoms with E-state index in [0.717, 1.165) is 44.3 Å². The zero-order valence-electron chi connectivity index (χ0n) is 36.6. The van der Waals surface area contributed by atoms with Crippen molar-refractivity contribution in [3.8, 4) is 0 Å². The van der Waals surface area contributed by atoms with E-state index in [2.05, 4.69) is 55.2 Å². The summed E-state index contributed by atoms with van der Waals surface area (Å²) < 4.78 is 8.78. The average molecular weight is 1020 g/mol. The van der Waals surface area contributed by atoms with Crippen LogP contribution in [0, 0.1) is 0 Å². The van der Waals surface area contributed by atoms with E-state index in [1.54, 1.807) is 48.5 Å². The summed E-state index contributed by atoms with van der Waals surface area (Å²) in [6.07, 6.45) is 4.20. The first-order valence-corrected chi connectivity index (χ1v) is 22.0. The van der Waals surface area contributed by atoms with E-state index in [9.17, 15) is 19.2 Å². The standard InChI is InChI=1S/C58H42N4O4.2BrH/c63-55-43-23-15-39(16-24-43)33-59-37-60(52-12-2-1-11-51(52)59)34-40-17-25-44(26-18-40)56(64)48-8-6-10-50(32-48)58(66)46-29-21-42(22-30-46)36-62-38-61(53-13-3-4-14-54(53)62)35-41-19-27-45(28-20-41)57(65)49-9-5-7-47(55)31-49;;/h1-32,37-38H,33-36H2;2*1H/q+2;;/p-2. The lowest BCUT2D eigenvalue weighted by Crippen LogP contribution is -3.00. The van der Waals surface area contributed by atoms with Crippen LogP contribution in [0.5, 0.6) is 0 Å². The van der Waals surface area contributed by atoms with E-state index in [0.29, 0.717) is 70.7 Å². The molecule has 2 aromatic heterocycles. The van der Waals surface area contributed by atoms with E-state index in [-0.39, 0.29) is 57.1 Å². The minimum Gasteiger partial charge on any atom is -1.00 e. The molecule has 9 heterocycles. The Balaban J connectivity index is 0.00000289. The Bertz CT molecular complexity index is 3080. The molecule has 8 nitrogen and oxygen atoms in total. The first-order chi connectivity index (χ1) is 32.3. The van der Waals surface area contributed by atoms with Crippen LogP contribution < -0.4 is 43.1 Å². The number of fused-ring (bicyclic) bond motifs is 2. The molecule has 0 aliphatic carbocycles. The molecule has 10 heteroatoms. The van der Waals surface area contributed by atoms with Gasteiger partial charge in [0.1, 0.15) is 26.2 Å². The normalized spacial score (nSPS) is 12.9. The number of halogens is 2. The summed E-state index contributed by atoms with van der Waals surface area (Å²) in [6, 6.07) is 61.0. The van der Waals surface area contributed by atoms with Gasteiger partial charge in [-0.05, 0) is 58.7 Å². The molecule has 0 radical (unpaired) electrons. The van der Waals surface area contributed by atoms with E-state index in [4.69, 9.17) is 0 Å². The maximum Gasteiger partial charge on any atom is 0.245 e. The van der Waals surface area contributed by atoms with Crippen molar-refractivity contribution in [3.63, 3.8) is 0 Å². The topological polar surface area (TPSA) is 85.9 Å². The molecule has 0 amide bonds. The van der Waals surface area contributed by atoms with Crippen LogP contribution in [0.4, 0.5) is 0 Å². The molecule has 0 fully saturated rings. The molecule has 8 aromatic carbocycles. The fraction of sp³-hybridized carbons (Fsp3) is 0.0690. The number of carbonyl (C=O) groups excluding carboxylic acids is 4. The lowest BCUT2D eigenvalue weighted by molar-refractivity contribution is -0.663. The van der Waals surface area contributed by atoms with Crippen molar-refractivity contribution in [1.29, 1.82) is 0 Å². The average Bonchev–Trinajstić information content (AvgIpc) is 3.89. The highest BCUT2D eigenvalue weighted by Crippen LogP contribution is 2.22. The quantitative estimate of drug-likeness (QED) is 0.218. The van der Waals surface area contributed by atoms with Crippen molar-refractivity contribution < 1.29 is 62.3 Å². The SMILES string of the molecule is O=C1c2ccc(cc2)Cn2c[n+](c3ccccc32)Cc2ccc(cc2)C(=O)c2cccc(c2)C(=O)c2ccc(cc2)C[n+]2cn(c3ccccc32)Cc2ccc(cc2)C(=O)c2cccc1c2.[Br-].[Br-]. The van der Waals surface area contributed by atoms with Crippen LogP contribution in [-0.4, -0.2) is 32.3 Å². The minimum atomic E-state index is -0.149. The predicted molar refractivity (Wildman–Crippen MR) is 253 cm³/mol. The second kappa shape index (κ2) is 19.3. The number of hydrogen-bond donors (Lipinski definition) is 0. The first-order valence-electron chi connectivity index (χ1n) is 22.0. The smallest absolute Gasteiger partial charge is 0.245 e. The van der Waals surface area contributed by atoms with Gasteiger partial charge in [-0.15, -0.1) is 0 Å². The minimum absolute atomic E-state index is 0. The van der Waals surface area contributed by atoms with Gasteiger partial charge in [0.25, 0.3) is 0 Å². The van der Waals surface area contributed by atoms with Gasteiger partial charge in [0, 0.05) is 44.5 Å². The second-order valence-electron chi connectivity index (χ2n) is 17.0. The summed E-state index contributed by atoms with van der Waals surface area (Å²) in [6.45, 7) is 2.36. The van der Waals surface area contributed by atoms with Crippen LogP contribution in [0.2, 0.25) is 0 Å². The Hall–Kier alpha value is -7.66. The molecular formula is C58H42Br2N4O4. The number of ketones is 4. The second-order valence-corrected chi connectivity index (χ2v) is 17.0. The van der Waals surface area contributed by atoms with Crippen molar-refractivity contribution in [2.24, 2.45) is 0 Å². The van der Waals surface area contributed by atoms with Gasteiger partial charge in [0.05, 0.1) is 0 Å². The maximum atomic E-state index is 13.8. The summed E-state index contributed by atoms with van der Waals surface area (Å²) in [7, 11) is 0. The van der Waals surface area contributed by atoms with Gasteiger partial charge < -0.3 is 34.0 Å². The lowest BCUT2D eigenvalue weighted by Gasteiger charge is -2.07. The molecule has 0 spiro atoms. The Kier molecular flexibility index (Phi) is 12.9. The monoisotopic (exact) mass is 1020 g/mol. The highest BCUT2D eigenvalue weighted by molar-refractivity contribution is 6.14. The van der Waals surface area contributed by atoms with Crippen LogP contribution in [0.25, 0.3) is 22.1 Å². The Morgan fingerprint density at radius 3 is 0.926 bits per heavy atom. The lowest BCUT2D eigenvalue weighted by atomic mass is 9.96. The van der Waals surface area contributed by atoms with E-state index >= 15 is 0 Å². The number of rotatable bonds is 0. The van der Waals surface area contributed by atoms with Gasteiger partial charge >= 0.3 is 0 Å². The number of carbonyl (C=O) groups is 4.